The number of carboxylic acids is 1. The highest BCUT2D eigenvalue weighted by molar-refractivity contribution is 6.07. The smallest absolute Gasteiger partial charge is 0.310 e. The molecule has 6 atom stereocenters. The van der Waals surface area contributed by atoms with E-state index in [1.807, 2.05) is 0 Å². The first kappa shape index (κ1) is 11.9. The third kappa shape index (κ3) is 1.35. The van der Waals surface area contributed by atoms with Gasteiger partial charge in [0.15, 0.2) is 0 Å². The molecule has 0 aromatic carbocycles. The van der Waals surface area contributed by atoms with Crippen LogP contribution in [0.4, 0.5) is 0 Å². The lowest BCUT2D eigenvalue weighted by atomic mass is 9.85. The predicted molar refractivity (Wildman–Crippen MR) is 68.2 cm³/mol. The van der Waals surface area contributed by atoms with Crippen LogP contribution in [-0.2, 0) is 14.4 Å². The van der Waals surface area contributed by atoms with Crippen LogP contribution in [0.3, 0.4) is 0 Å². The van der Waals surface area contributed by atoms with Gasteiger partial charge < -0.3 is 5.11 Å². The van der Waals surface area contributed by atoms with Crippen molar-refractivity contribution in [3.63, 3.8) is 0 Å². The minimum absolute atomic E-state index is 0.0995. The maximum absolute atomic E-state index is 12.5. The van der Waals surface area contributed by atoms with Gasteiger partial charge in [0.2, 0.25) is 11.8 Å². The van der Waals surface area contributed by atoms with Crippen molar-refractivity contribution in [2.75, 3.05) is 0 Å². The van der Waals surface area contributed by atoms with Crippen LogP contribution in [0.2, 0.25) is 0 Å². The molecule has 2 bridgehead atoms. The van der Waals surface area contributed by atoms with Crippen molar-refractivity contribution in [2.24, 2.45) is 29.6 Å². The standard InChI is InChI=1S/C15H15NO4/c17-13-11-7-1-2-8(5-7)12(11)14(18)16(13)10-4-3-9(6-10)15(19)20/h1-4,7-12H,5-6H2,(H,19,20). The molecule has 1 saturated carbocycles. The van der Waals surface area contributed by atoms with Crippen molar-refractivity contribution in [1.29, 1.82) is 0 Å². The van der Waals surface area contributed by atoms with Crippen LogP contribution in [-0.4, -0.2) is 33.8 Å². The molecule has 1 N–H and O–H groups in total. The average Bonchev–Trinajstić information content (AvgIpc) is 3.13. The van der Waals surface area contributed by atoms with Crippen LogP contribution in [0.25, 0.3) is 0 Å². The van der Waals surface area contributed by atoms with E-state index >= 15 is 0 Å². The predicted octanol–water partition coefficient (Wildman–Crippen LogP) is 0.823. The van der Waals surface area contributed by atoms with Crippen molar-refractivity contribution in [3.05, 3.63) is 24.3 Å². The monoisotopic (exact) mass is 273 g/mol. The van der Waals surface area contributed by atoms with Crippen LogP contribution >= 0.6 is 0 Å². The molecule has 6 unspecified atom stereocenters. The highest BCUT2D eigenvalue weighted by Gasteiger charge is 2.60. The van der Waals surface area contributed by atoms with Crippen LogP contribution in [0.5, 0.6) is 0 Å². The van der Waals surface area contributed by atoms with E-state index in [-0.39, 0.29) is 41.5 Å². The fourth-order valence-corrected chi connectivity index (χ4v) is 4.31. The number of amides is 2. The highest BCUT2D eigenvalue weighted by Crippen LogP contribution is 2.53. The molecular formula is C15H15NO4. The molecule has 5 heteroatoms. The molecule has 0 aromatic rings. The number of aliphatic carboxylic acids is 1. The second kappa shape index (κ2) is 3.81. The van der Waals surface area contributed by atoms with Gasteiger partial charge in [0.1, 0.15) is 0 Å². The summed E-state index contributed by atoms with van der Waals surface area (Å²) in [4.78, 5) is 37.4. The number of carbonyl (C=O) groups excluding carboxylic acids is 2. The summed E-state index contributed by atoms with van der Waals surface area (Å²) in [5.41, 5.74) is 0. The van der Waals surface area contributed by atoms with E-state index in [9.17, 15) is 14.4 Å². The second-order valence-corrected chi connectivity index (χ2v) is 6.18. The Morgan fingerprint density at radius 1 is 1.00 bits per heavy atom. The molecule has 3 aliphatic carbocycles. The van der Waals surface area contributed by atoms with Crippen LogP contribution in [0.15, 0.2) is 24.3 Å². The third-order valence-electron chi connectivity index (χ3n) is 5.21. The molecule has 5 nitrogen and oxygen atoms in total. The van der Waals surface area contributed by atoms with Crippen molar-refractivity contribution >= 4 is 17.8 Å². The van der Waals surface area contributed by atoms with Gasteiger partial charge in [-0.3, -0.25) is 19.3 Å². The van der Waals surface area contributed by atoms with E-state index in [0.29, 0.717) is 6.42 Å². The summed E-state index contributed by atoms with van der Waals surface area (Å²) in [6.45, 7) is 0. The number of likely N-dealkylation sites (tertiary alicyclic amines) is 1. The number of nitrogens with zero attached hydrogens (tertiary/aromatic N) is 1. The summed E-state index contributed by atoms with van der Waals surface area (Å²) in [5, 5.41) is 9.01. The maximum atomic E-state index is 12.5. The van der Waals surface area contributed by atoms with Gasteiger partial charge in [-0.2, -0.15) is 0 Å². The van der Waals surface area contributed by atoms with Crippen molar-refractivity contribution < 1.29 is 19.5 Å². The summed E-state index contributed by atoms with van der Waals surface area (Å²) in [6.07, 6.45) is 8.64. The Bertz CT molecular complexity index is 548. The lowest BCUT2D eigenvalue weighted by molar-refractivity contribution is -0.145. The molecule has 0 spiro atoms. The lowest BCUT2D eigenvalue weighted by Gasteiger charge is -2.23. The number of carbonyl (C=O) groups is 3. The van der Waals surface area contributed by atoms with Crippen LogP contribution in [0.1, 0.15) is 12.8 Å². The molecule has 2 fully saturated rings. The number of imide groups is 1. The van der Waals surface area contributed by atoms with Crippen molar-refractivity contribution in [2.45, 2.75) is 18.9 Å². The fraction of sp³-hybridized carbons (Fsp3) is 0.533. The largest absolute Gasteiger partial charge is 0.481 e. The van der Waals surface area contributed by atoms with Crippen LogP contribution < -0.4 is 0 Å². The molecular weight excluding hydrogens is 258 g/mol. The zero-order valence-electron chi connectivity index (χ0n) is 10.8. The molecule has 20 heavy (non-hydrogen) atoms. The number of carboxylic acid groups (broad SMARTS) is 1. The molecule has 4 rings (SSSR count). The van der Waals surface area contributed by atoms with Gasteiger partial charge in [0, 0.05) is 0 Å². The molecule has 1 saturated heterocycles. The molecule has 1 heterocycles. The van der Waals surface area contributed by atoms with E-state index in [4.69, 9.17) is 5.11 Å². The zero-order chi connectivity index (χ0) is 14.0. The van der Waals surface area contributed by atoms with E-state index in [1.54, 1.807) is 12.2 Å². The summed E-state index contributed by atoms with van der Waals surface area (Å²) in [7, 11) is 0. The first-order chi connectivity index (χ1) is 9.58. The highest BCUT2D eigenvalue weighted by atomic mass is 16.4. The number of rotatable bonds is 2. The molecule has 104 valence electrons. The van der Waals surface area contributed by atoms with Gasteiger partial charge in [-0.15, -0.1) is 0 Å². The minimum Gasteiger partial charge on any atom is -0.481 e. The van der Waals surface area contributed by atoms with Gasteiger partial charge in [0.05, 0.1) is 23.8 Å². The Hall–Kier alpha value is -1.91. The molecule has 2 amide bonds. The SMILES string of the molecule is O=C(O)C1C=CC(N2C(=O)C3C4C=CC(C4)C3C2=O)C1. The van der Waals surface area contributed by atoms with Gasteiger partial charge in [-0.1, -0.05) is 24.3 Å². The fourth-order valence-electron chi connectivity index (χ4n) is 4.31. The Morgan fingerprint density at radius 3 is 2.10 bits per heavy atom. The van der Waals surface area contributed by atoms with Crippen molar-refractivity contribution in [3.8, 4) is 0 Å². The number of allylic oxidation sites excluding steroid dienone is 2. The number of hydrogen-bond donors (Lipinski definition) is 1. The van der Waals surface area contributed by atoms with E-state index in [1.165, 1.54) is 4.90 Å². The third-order valence-corrected chi connectivity index (χ3v) is 5.21. The summed E-state index contributed by atoms with van der Waals surface area (Å²) >= 11 is 0. The summed E-state index contributed by atoms with van der Waals surface area (Å²) < 4.78 is 0. The van der Waals surface area contributed by atoms with Gasteiger partial charge >= 0.3 is 5.97 Å². The molecule has 1 aliphatic heterocycles. The van der Waals surface area contributed by atoms with Crippen LogP contribution in [0, 0.1) is 29.6 Å². The second-order valence-electron chi connectivity index (χ2n) is 6.18. The molecule has 0 radical (unpaired) electrons. The Labute approximate surface area is 115 Å². The van der Waals surface area contributed by atoms with E-state index < -0.39 is 11.9 Å². The number of hydrogen-bond acceptors (Lipinski definition) is 3. The Morgan fingerprint density at radius 2 is 1.60 bits per heavy atom. The maximum Gasteiger partial charge on any atom is 0.310 e. The van der Waals surface area contributed by atoms with Gasteiger partial charge in [0.25, 0.3) is 0 Å². The minimum atomic E-state index is -0.898. The quantitative estimate of drug-likeness (QED) is 0.597. The first-order valence-electron chi connectivity index (χ1n) is 7.04. The normalized spacial score (nSPS) is 44.7. The van der Waals surface area contributed by atoms with E-state index in [0.717, 1.165) is 6.42 Å². The molecule has 0 aromatic heterocycles. The topological polar surface area (TPSA) is 74.7 Å². The van der Waals surface area contributed by atoms with Gasteiger partial charge in [-0.05, 0) is 24.7 Å². The summed E-state index contributed by atoms with van der Waals surface area (Å²) in [6, 6.07) is -0.374. The Kier molecular flexibility index (Phi) is 2.26. The Balaban J connectivity index is 1.60. The molecule has 4 aliphatic rings. The van der Waals surface area contributed by atoms with E-state index in [2.05, 4.69) is 12.2 Å². The lowest BCUT2D eigenvalue weighted by Crippen LogP contribution is -2.40. The number of fused-ring (bicyclic) bond motifs is 5. The van der Waals surface area contributed by atoms with Gasteiger partial charge in [-0.25, -0.2) is 0 Å². The zero-order valence-corrected chi connectivity index (χ0v) is 10.8. The summed E-state index contributed by atoms with van der Waals surface area (Å²) in [5.74, 6) is -1.68. The first-order valence-corrected chi connectivity index (χ1v) is 7.04. The average molecular weight is 273 g/mol. The van der Waals surface area contributed by atoms with Crippen molar-refractivity contribution in [1.82, 2.24) is 4.90 Å².